The standard InChI is InChI=1S/C15H13FINO/c1-2-18(14-9-5-12(16)6-10-14)15(19)11-3-7-13(17)8-4-11/h3-10H,2H2,1H3. The number of carbonyl (C=O) groups excluding carboxylic acids is 1. The number of hydrogen-bond acceptors (Lipinski definition) is 1. The van der Waals surface area contributed by atoms with Crippen LogP contribution < -0.4 is 4.90 Å². The minimum atomic E-state index is -0.304. The summed E-state index contributed by atoms with van der Waals surface area (Å²) < 4.78 is 14.0. The summed E-state index contributed by atoms with van der Waals surface area (Å²) in [4.78, 5) is 14.0. The molecule has 0 aliphatic rings. The second-order valence-corrected chi connectivity index (χ2v) is 5.28. The summed E-state index contributed by atoms with van der Waals surface area (Å²) in [6, 6.07) is 13.3. The molecule has 0 unspecified atom stereocenters. The zero-order valence-corrected chi connectivity index (χ0v) is 12.6. The van der Waals surface area contributed by atoms with Gasteiger partial charge in [-0.1, -0.05) is 0 Å². The fourth-order valence-corrected chi connectivity index (χ4v) is 2.17. The molecule has 0 atom stereocenters. The molecule has 0 saturated heterocycles. The average Bonchev–Trinajstić information content (AvgIpc) is 2.42. The van der Waals surface area contributed by atoms with E-state index < -0.39 is 0 Å². The minimum absolute atomic E-state index is 0.0782. The van der Waals surface area contributed by atoms with Crippen molar-refractivity contribution in [3.8, 4) is 0 Å². The summed E-state index contributed by atoms with van der Waals surface area (Å²) in [5.74, 6) is -0.382. The molecule has 19 heavy (non-hydrogen) atoms. The number of halogens is 2. The maximum absolute atomic E-state index is 12.9. The highest BCUT2D eigenvalue weighted by molar-refractivity contribution is 14.1. The van der Waals surface area contributed by atoms with Gasteiger partial charge in [0.2, 0.25) is 0 Å². The molecule has 2 rings (SSSR count). The molecule has 0 fully saturated rings. The van der Waals surface area contributed by atoms with Gasteiger partial charge < -0.3 is 4.90 Å². The number of nitrogens with zero attached hydrogens (tertiary/aromatic N) is 1. The third kappa shape index (κ3) is 3.32. The number of amides is 1. The second kappa shape index (κ2) is 6.14. The molecule has 0 N–H and O–H groups in total. The van der Waals surface area contributed by atoms with Crippen LogP contribution in [0.25, 0.3) is 0 Å². The largest absolute Gasteiger partial charge is 0.309 e. The first kappa shape index (κ1) is 14.0. The van der Waals surface area contributed by atoms with Crippen molar-refractivity contribution in [2.75, 3.05) is 11.4 Å². The molecule has 0 saturated carbocycles. The maximum atomic E-state index is 12.9. The Bertz CT molecular complexity index is 566. The van der Waals surface area contributed by atoms with E-state index in [4.69, 9.17) is 0 Å². The molecule has 4 heteroatoms. The Hall–Kier alpha value is -1.43. The smallest absolute Gasteiger partial charge is 0.258 e. The summed E-state index contributed by atoms with van der Waals surface area (Å²) in [6.07, 6.45) is 0. The molecule has 0 heterocycles. The number of hydrogen-bond donors (Lipinski definition) is 0. The van der Waals surface area contributed by atoms with Crippen LogP contribution in [0.4, 0.5) is 10.1 Å². The summed E-state index contributed by atoms with van der Waals surface area (Å²) in [5.41, 5.74) is 1.33. The molecule has 1 amide bonds. The Morgan fingerprint density at radius 1 is 1.11 bits per heavy atom. The predicted octanol–water partition coefficient (Wildman–Crippen LogP) is 4.10. The molecule has 0 bridgehead atoms. The zero-order chi connectivity index (χ0) is 13.8. The molecular weight excluding hydrogens is 356 g/mol. The Kier molecular flexibility index (Phi) is 4.52. The van der Waals surface area contributed by atoms with E-state index in [1.807, 2.05) is 19.1 Å². The Morgan fingerprint density at radius 3 is 2.21 bits per heavy atom. The fraction of sp³-hybridized carbons (Fsp3) is 0.133. The molecule has 0 aliphatic carbocycles. The molecule has 0 spiro atoms. The third-order valence-electron chi connectivity index (χ3n) is 2.79. The molecule has 2 aromatic rings. The fourth-order valence-electron chi connectivity index (χ4n) is 1.81. The van der Waals surface area contributed by atoms with E-state index in [0.717, 1.165) is 3.57 Å². The quantitative estimate of drug-likeness (QED) is 0.747. The lowest BCUT2D eigenvalue weighted by molar-refractivity contribution is 0.0988. The molecule has 2 nitrogen and oxygen atoms in total. The van der Waals surface area contributed by atoms with E-state index >= 15 is 0 Å². The van der Waals surface area contributed by atoms with E-state index in [1.165, 1.54) is 12.1 Å². The minimum Gasteiger partial charge on any atom is -0.309 e. The molecule has 0 radical (unpaired) electrons. The van der Waals surface area contributed by atoms with Crippen LogP contribution in [0.3, 0.4) is 0 Å². The first-order chi connectivity index (χ1) is 9.11. The zero-order valence-electron chi connectivity index (χ0n) is 10.4. The summed E-state index contributed by atoms with van der Waals surface area (Å²) in [6.45, 7) is 2.43. The number of rotatable bonds is 3. The first-order valence-electron chi connectivity index (χ1n) is 5.95. The first-order valence-corrected chi connectivity index (χ1v) is 7.02. The van der Waals surface area contributed by atoms with Crippen LogP contribution in [0.15, 0.2) is 48.5 Å². The lowest BCUT2D eigenvalue weighted by Gasteiger charge is -2.21. The molecule has 0 aromatic heterocycles. The highest BCUT2D eigenvalue weighted by atomic mass is 127. The van der Waals surface area contributed by atoms with Crippen molar-refractivity contribution in [1.82, 2.24) is 0 Å². The van der Waals surface area contributed by atoms with Gasteiger partial charge in [-0.2, -0.15) is 0 Å². The van der Waals surface area contributed by atoms with Crippen LogP contribution >= 0.6 is 22.6 Å². The van der Waals surface area contributed by atoms with Gasteiger partial charge in [-0.25, -0.2) is 4.39 Å². The van der Waals surface area contributed by atoms with E-state index in [1.54, 1.807) is 29.2 Å². The van der Waals surface area contributed by atoms with Crippen molar-refractivity contribution in [1.29, 1.82) is 0 Å². The Morgan fingerprint density at radius 2 is 1.68 bits per heavy atom. The summed E-state index contributed by atoms with van der Waals surface area (Å²) >= 11 is 2.20. The van der Waals surface area contributed by atoms with Crippen LogP contribution in [0.1, 0.15) is 17.3 Å². The number of anilines is 1. The number of carbonyl (C=O) groups is 1. The highest BCUT2D eigenvalue weighted by Gasteiger charge is 2.15. The average molecular weight is 369 g/mol. The lowest BCUT2D eigenvalue weighted by atomic mass is 10.2. The van der Waals surface area contributed by atoms with Crippen molar-refractivity contribution in [3.05, 3.63) is 63.5 Å². The SMILES string of the molecule is CCN(C(=O)c1ccc(I)cc1)c1ccc(F)cc1. The van der Waals surface area contributed by atoms with Crippen LogP contribution in [0, 0.1) is 9.39 Å². The topological polar surface area (TPSA) is 20.3 Å². The van der Waals surface area contributed by atoms with Gasteiger partial charge in [0, 0.05) is 21.4 Å². The van der Waals surface area contributed by atoms with E-state index in [9.17, 15) is 9.18 Å². The van der Waals surface area contributed by atoms with Crippen LogP contribution in [0.5, 0.6) is 0 Å². The molecule has 2 aromatic carbocycles. The van der Waals surface area contributed by atoms with Crippen molar-refractivity contribution in [2.45, 2.75) is 6.92 Å². The Balaban J connectivity index is 2.29. The van der Waals surface area contributed by atoms with Crippen LogP contribution in [-0.4, -0.2) is 12.5 Å². The van der Waals surface area contributed by atoms with Gasteiger partial charge in [0.1, 0.15) is 5.82 Å². The van der Waals surface area contributed by atoms with Gasteiger partial charge in [-0.15, -0.1) is 0 Å². The van der Waals surface area contributed by atoms with Crippen LogP contribution in [0.2, 0.25) is 0 Å². The van der Waals surface area contributed by atoms with Gasteiger partial charge in [-0.3, -0.25) is 4.79 Å². The third-order valence-corrected chi connectivity index (χ3v) is 3.51. The maximum Gasteiger partial charge on any atom is 0.258 e. The number of benzene rings is 2. The second-order valence-electron chi connectivity index (χ2n) is 4.03. The summed E-state index contributed by atoms with van der Waals surface area (Å²) in [5, 5.41) is 0. The Labute approximate surface area is 125 Å². The van der Waals surface area contributed by atoms with Crippen molar-refractivity contribution in [2.24, 2.45) is 0 Å². The molecule has 0 aliphatic heterocycles. The van der Waals surface area contributed by atoms with Crippen molar-refractivity contribution >= 4 is 34.2 Å². The lowest BCUT2D eigenvalue weighted by Crippen LogP contribution is -2.30. The molecular formula is C15H13FINO. The van der Waals surface area contributed by atoms with Crippen molar-refractivity contribution in [3.63, 3.8) is 0 Å². The van der Waals surface area contributed by atoms with Gasteiger partial charge in [-0.05, 0) is 78.0 Å². The predicted molar refractivity (Wildman–Crippen MR) is 82.9 cm³/mol. The van der Waals surface area contributed by atoms with E-state index in [-0.39, 0.29) is 11.7 Å². The van der Waals surface area contributed by atoms with Crippen LogP contribution in [-0.2, 0) is 0 Å². The van der Waals surface area contributed by atoms with Gasteiger partial charge >= 0.3 is 0 Å². The highest BCUT2D eigenvalue weighted by Crippen LogP contribution is 2.18. The van der Waals surface area contributed by atoms with Crippen molar-refractivity contribution < 1.29 is 9.18 Å². The van der Waals surface area contributed by atoms with E-state index in [2.05, 4.69) is 22.6 Å². The molecule has 98 valence electrons. The summed E-state index contributed by atoms with van der Waals surface area (Å²) in [7, 11) is 0. The van der Waals surface area contributed by atoms with E-state index in [0.29, 0.717) is 17.8 Å². The van der Waals surface area contributed by atoms with Gasteiger partial charge in [0.05, 0.1) is 0 Å². The van der Waals surface area contributed by atoms with Gasteiger partial charge in [0.25, 0.3) is 5.91 Å². The van der Waals surface area contributed by atoms with Gasteiger partial charge in [0.15, 0.2) is 0 Å². The normalized spacial score (nSPS) is 10.3. The monoisotopic (exact) mass is 369 g/mol.